The lowest BCUT2D eigenvalue weighted by Gasteiger charge is -2.06. The van der Waals surface area contributed by atoms with Crippen molar-refractivity contribution in [3.63, 3.8) is 0 Å². The third kappa shape index (κ3) is 2.53. The Morgan fingerprint density at radius 2 is 2.00 bits per heavy atom. The number of ether oxygens (including phenoxy) is 1. The number of amides is 2. The Bertz CT molecular complexity index is 152. The van der Waals surface area contributed by atoms with Gasteiger partial charge in [0.1, 0.15) is 0 Å². The van der Waals surface area contributed by atoms with Gasteiger partial charge in [-0.1, -0.05) is 20.8 Å². The zero-order valence-electron chi connectivity index (χ0n) is 7.79. The molecule has 0 N–H and O–H groups in total. The third-order valence-electron chi connectivity index (χ3n) is 1.29. The third-order valence-corrected chi connectivity index (χ3v) is 1.29. The van der Waals surface area contributed by atoms with Crippen molar-refractivity contribution < 1.29 is 14.3 Å². The number of rotatable bonds is 2. The summed E-state index contributed by atoms with van der Waals surface area (Å²) in [5.74, 6) is -0.230. The van der Waals surface area contributed by atoms with E-state index in [0.29, 0.717) is 6.54 Å². The molecule has 0 atom stereocenters. The van der Waals surface area contributed by atoms with Crippen LogP contribution in [0.5, 0.6) is 0 Å². The van der Waals surface area contributed by atoms with E-state index in [1.54, 1.807) is 0 Å². The number of carbonyl (C=O) groups is 2. The fourth-order valence-electron chi connectivity index (χ4n) is 0.821. The summed E-state index contributed by atoms with van der Waals surface area (Å²) in [5.41, 5.74) is 0. The Kier molecular flexibility index (Phi) is 5.08. The second-order valence-electron chi connectivity index (χ2n) is 2.10. The Hall–Kier alpha value is -1.06. The van der Waals surface area contributed by atoms with E-state index < -0.39 is 6.09 Å². The minimum absolute atomic E-state index is 0.0845. The van der Waals surface area contributed by atoms with Crippen LogP contribution in [0.4, 0.5) is 4.79 Å². The monoisotopic (exact) mass is 173 g/mol. The second-order valence-corrected chi connectivity index (χ2v) is 2.10. The van der Waals surface area contributed by atoms with Crippen LogP contribution in [0.15, 0.2) is 0 Å². The predicted molar refractivity (Wildman–Crippen MR) is 44.7 cm³/mol. The molecular weight excluding hydrogens is 158 g/mol. The van der Waals surface area contributed by atoms with Gasteiger partial charge in [-0.2, -0.15) is 0 Å². The van der Waals surface area contributed by atoms with E-state index >= 15 is 0 Å². The Morgan fingerprint density at radius 1 is 1.42 bits per heavy atom. The molecule has 1 aliphatic heterocycles. The summed E-state index contributed by atoms with van der Waals surface area (Å²) in [7, 11) is 0. The van der Waals surface area contributed by atoms with Crippen molar-refractivity contribution in [1.29, 1.82) is 0 Å². The molecule has 1 saturated heterocycles. The fraction of sp³-hybridized carbons (Fsp3) is 0.750. The topological polar surface area (TPSA) is 46.6 Å². The average molecular weight is 173 g/mol. The molecule has 0 saturated carbocycles. The standard InChI is InChI=1S/C6H9NO3.C2H6/c1-2-3-7-5(8)4-10-6(7)9;1-2/h2-4H2,1H3;1-2H3. The summed E-state index contributed by atoms with van der Waals surface area (Å²) in [6.45, 7) is 6.29. The number of nitrogens with zero attached hydrogens (tertiary/aromatic N) is 1. The van der Waals surface area contributed by atoms with E-state index in [9.17, 15) is 9.59 Å². The highest BCUT2D eigenvalue weighted by atomic mass is 16.6. The number of hydrogen-bond donors (Lipinski definition) is 0. The van der Waals surface area contributed by atoms with Gasteiger partial charge in [-0.05, 0) is 6.42 Å². The summed E-state index contributed by atoms with van der Waals surface area (Å²) >= 11 is 0. The van der Waals surface area contributed by atoms with Crippen molar-refractivity contribution in [2.45, 2.75) is 27.2 Å². The predicted octanol–water partition coefficient (Wildman–Crippen LogP) is 1.40. The van der Waals surface area contributed by atoms with Crippen LogP contribution in [0.3, 0.4) is 0 Å². The molecule has 0 unspecified atom stereocenters. The van der Waals surface area contributed by atoms with Gasteiger partial charge in [0.15, 0.2) is 6.61 Å². The van der Waals surface area contributed by atoms with Crippen molar-refractivity contribution in [2.24, 2.45) is 0 Å². The van der Waals surface area contributed by atoms with Crippen LogP contribution in [0, 0.1) is 0 Å². The van der Waals surface area contributed by atoms with Crippen LogP contribution in [-0.4, -0.2) is 30.1 Å². The highest BCUT2D eigenvalue weighted by molar-refractivity contribution is 5.97. The maximum atomic E-state index is 10.8. The molecule has 4 heteroatoms. The number of imide groups is 1. The van der Waals surface area contributed by atoms with Crippen LogP contribution in [-0.2, 0) is 9.53 Å². The first kappa shape index (κ1) is 10.9. The summed E-state index contributed by atoms with van der Waals surface area (Å²) in [6.07, 6.45) is 0.271. The lowest BCUT2D eigenvalue weighted by Crippen LogP contribution is -2.29. The van der Waals surface area contributed by atoms with E-state index in [1.807, 2.05) is 20.8 Å². The molecule has 12 heavy (non-hydrogen) atoms. The normalized spacial score (nSPS) is 15.4. The van der Waals surface area contributed by atoms with Crippen molar-refractivity contribution in [3.8, 4) is 0 Å². The van der Waals surface area contributed by atoms with Crippen molar-refractivity contribution in [2.75, 3.05) is 13.2 Å². The molecule has 0 aromatic rings. The summed E-state index contributed by atoms with van der Waals surface area (Å²) in [6, 6.07) is 0. The van der Waals surface area contributed by atoms with E-state index in [2.05, 4.69) is 4.74 Å². The largest absolute Gasteiger partial charge is 0.439 e. The molecule has 0 aliphatic carbocycles. The zero-order valence-corrected chi connectivity index (χ0v) is 7.79. The van der Waals surface area contributed by atoms with Gasteiger partial charge in [0, 0.05) is 6.54 Å². The summed E-state index contributed by atoms with van der Waals surface area (Å²) in [4.78, 5) is 22.5. The Morgan fingerprint density at radius 3 is 2.33 bits per heavy atom. The molecule has 1 fully saturated rings. The Balaban J connectivity index is 0.000000561. The van der Waals surface area contributed by atoms with Gasteiger partial charge in [0.25, 0.3) is 5.91 Å². The van der Waals surface area contributed by atoms with Crippen LogP contribution >= 0.6 is 0 Å². The number of hydrogen-bond acceptors (Lipinski definition) is 3. The number of cyclic esters (lactones) is 1. The van der Waals surface area contributed by atoms with Crippen LogP contribution in [0.25, 0.3) is 0 Å². The molecule has 1 rings (SSSR count). The molecule has 0 spiro atoms. The maximum absolute atomic E-state index is 10.8. The second kappa shape index (κ2) is 5.57. The van der Waals surface area contributed by atoms with Crippen molar-refractivity contribution in [3.05, 3.63) is 0 Å². The first-order valence-electron chi connectivity index (χ1n) is 4.23. The van der Waals surface area contributed by atoms with E-state index in [1.165, 1.54) is 0 Å². The van der Waals surface area contributed by atoms with Gasteiger partial charge in [0.2, 0.25) is 0 Å². The lowest BCUT2D eigenvalue weighted by atomic mass is 10.4. The van der Waals surface area contributed by atoms with Gasteiger partial charge in [-0.25, -0.2) is 9.69 Å². The minimum Gasteiger partial charge on any atom is -0.439 e. The first-order chi connectivity index (χ1) is 5.75. The summed E-state index contributed by atoms with van der Waals surface area (Å²) in [5, 5.41) is 0. The highest BCUT2D eigenvalue weighted by Gasteiger charge is 2.29. The molecule has 2 amide bonds. The average Bonchev–Trinajstić information content (AvgIpc) is 2.40. The van der Waals surface area contributed by atoms with Gasteiger partial charge >= 0.3 is 6.09 Å². The van der Waals surface area contributed by atoms with Crippen LogP contribution in [0.2, 0.25) is 0 Å². The van der Waals surface area contributed by atoms with Crippen LogP contribution in [0.1, 0.15) is 27.2 Å². The van der Waals surface area contributed by atoms with E-state index in [-0.39, 0.29) is 12.5 Å². The molecular formula is C8H15NO3. The van der Waals surface area contributed by atoms with Gasteiger partial charge < -0.3 is 4.74 Å². The molecule has 1 aliphatic rings. The molecule has 0 aromatic heterocycles. The maximum Gasteiger partial charge on any atom is 0.417 e. The zero-order chi connectivity index (χ0) is 9.56. The molecule has 4 nitrogen and oxygen atoms in total. The molecule has 0 aromatic carbocycles. The molecule has 70 valence electrons. The first-order valence-corrected chi connectivity index (χ1v) is 4.23. The number of carbonyl (C=O) groups excluding carboxylic acids is 2. The molecule has 1 heterocycles. The van der Waals surface area contributed by atoms with Crippen LogP contribution < -0.4 is 0 Å². The Labute approximate surface area is 72.5 Å². The van der Waals surface area contributed by atoms with Crippen molar-refractivity contribution in [1.82, 2.24) is 4.90 Å². The minimum atomic E-state index is -0.508. The van der Waals surface area contributed by atoms with Gasteiger partial charge in [-0.3, -0.25) is 4.79 Å². The molecule has 0 radical (unpaired) electrons. The lowest BCUT2D eigenvalue weighted by molar-refractivity contribution is -0.125. The quantitative estimate of drug-likeness (QED) is 0.634. The van der Waals surface area contributed by atoms with Crippen molar-refractivity contribution >= 4 is 12.0 Å². The highest BCUT2D eigenvalue weighted by Crippen LogP contribution is 2.04. The van der Waals surface area contributed by atoms with E-state index in [4.69, 9.17) is 0 Å². The SMILES string of the molecule is CC.CCCN1C(=O)COC1=O. The molecule has 0 bridgehead atoms. The van der Waals surface area contributed by atoms with Gasteiger partial charge in [0.05, 0.1) is 0 Å². The van der Waals surface area contributed by atoms with E-state index in [0.717, 1.165) is 11.3 Å². The summed E-state index contributed by atoms with van der Waals surface area (Å²) < 4.78 is 4.47. The smallest absolute Gasteiger partial charge is 0.417 e. The fourth-order valence-corrected chi connectivity index (χ4v) is 0.821. The van der Waals surface area contributed by atoms with Gasteiger partial charge in [-0.15, -0.1) is 0 Å².